The van der Waals surface area contributed by atoms with Crippen LogP contribution in [-0.2, 0) is 12.6 Å². The average Bonchev–Trinajstić information content (AvgIpc) is 2.76. The largest absolute Gasteiger partial charge is 0.439 e. The number of pyridine rings is 1. The van der Waals surface area contributed by atoms with Gasteiger partial charge in [0.2, 0.25) is 5.88 Å². The number of benzene rings is 1. The molecule has 0 unspecified atom stereocenters. The summed E-state index contributed by atoms with van der Waals surface area (Å²) in [5.41, 5.74) is 3.04. The predicted octanol–water partition coefficient (Wildman–Crippen LogP) is 5.21. The van der Waals surface area contributed by atoms with E-state index in [1.165, 1.54) is 0 Å². The standard InChI is InChI=1S/C23H21F3N6O/c1-13-14(2)30-22-20(29-13)21(31-15(3)32-22)28-10-8-16-4-6-18(7-5-16)33-19-12-17(9-11-27-19)23(24,25)26/h4-7,9,11-12H,8,10H2,1-3H3,(H,28,30,31,32). The Bertz CT molecular complexity index is 1290. The molecule has 0 saturated carbocycles. The summed E-state index contributed by atoms with van der Waals surface area (Å²) in [4.78, 5) is 21.7. The number of rotatable bonds is 6. The fraction of sp³-hybridized carbons (Fsp3) is 0.261. The molecule has 3 heterocycles. The molecule has 10 heteroatoms. The van der Waals surface area contributed by atoms with Crippen molar-refractivity contribution in [1.29, 1.82) is 0 Å². The summed E-state index contributed by atoms with van der Waals surface area (Å²) in [5, 5.41) is 3.30. The maximum atomic E-state index is 12.8. The van der Waals surface area contributed by atoms with Gasteiger partial charge in [-0.25, -0.2) is 24.9 Å². The van der Waals surface area contributed by atoms with Gasteiger partial charge in [0, 0.05) is 18.8 Å². The van der Waals surface area contributed by atoms with Gasteiger partial charge in [-0.3, -0.25) is 0 Å². The van der Waals surface area contributed by atoms with Crippen molar-refractivity contribution in [3.63, 3.8) is 0 Å². The molecule has 0 saturated heterocycles. The zero-order valence-corrected chi connectivity index (χ0v) is 18.2. The lowest BCUT2D eigenvalue weighted by Gasteiger charge is -2.11. The van der Waals surface area contributed by atoms with Crippen LogP contribution in [0.25, 0.3) is 11.2 Å². The van der Waals surface area contributed by atoms with E-state index in [9.17, 15) is 13.2 Å². The van der Waals surface area contributed by atoms with E-state index in [0.29, 0.717) is 41.5 Å². The minimum Gasteiger partial charge on any atom is -0.439 e. The Kier molecular flexibility index (Phi) is 6.08. The summed E-state index contributed by atoms with van der Waals surface area (Å²) >= 11 is 0. The molecule has 4 aromatic rings. The minimum atomic E-state index is -4.45. The molecule has 1 N–H and O–H groups in total. The number of nitrogens with zero attached hydrogens (tertiary/aromatic N) is 5. The Labute approximate surface area is 188 Å². The van der Waals surface area contributed by atoms with Gasteiger partial charge >= 0.3 is 6.18 Å². The summed E-state index contributed by atoms with van der Waals surface area (Å²) in [6.07, 6.45) is -2.69. The Balaban J connectivity index is 1.40. The number of ether oxygens (including phenoxy) is 1. The topological polar surface area (TPSA) is 85.7 Å². The molecule has 0 amide bonds. The van der Waals surface area contributed by atoms with Gasteiger partial charge in [0.25, 0.3) is 0 Å². The van der Waals surface area contributed by atoms with Gasteiger partial charge < -0.3 is 10.1 Å². The van der Waals surface area contributed by atoms with Crippen LogP contribution in [0.2, 0.25) is 0 Å². The van der Waals surface area contributed by atoms with Crippen LogP contribution in [0, 0.1) is 20.8 Å². The van der Waals surface area contributed by atoms with Gasteiger partial charge in [0.1, 0.15) is 11.6 Å². The molecule has 3 aromatic heterocycles. The molecular formula is C23H21F3N6O. The lowest BCUT2D eigenvalue weighted by molar-refractivity contribution is -0.137. The van der Waals surface area contributed by atoms with E-state index >= 15 is 0 Å². The lowest BCUT2D eigenvalue weighted by atomic mass is 10.1. The summed E-state index contributed by atoms with van der Waals surface area (Å²) in [5.74, 6) is 1.52. The van der Waals surface area contributed by atoms with Gasteiger partial charge in [-0.15, -0.1) is 0 Å². The second-order valence-corrected chi connectivity index (χ2v) is 7.49. The SMILES string of the molecule is Cc1nc(NCCc2ccc(Oc3cc(C(F)(F)F)ccn3)cc2)c2nc(C)c(C)nc2n1. The van der Waals surface area contributed by atoms with Crippen LogP contribution in [0.5, 0.6) is 11.6 Å². The maximum Gasteiger partial charge on any atom is 0.416 e. The zero-order chi connectivity index (χ0) is 23.6. The molecule has 0 spiro atoms. The normalized spacial score (nSPS) is 11.6. The van der Waals surface area contributed by atoms with E-state index in [0.717, 1.165) is 35.3 Å². The number of anilines is 1. The first-order chi connectivity index (χ1) is 15.7. The van der Waals surface area contributed by atoms with Crippen molar-refractivity contribution >= 4 is 17.0 Å². The van der Waals surface area contributed by atoms with Crippen molar-refractivity contribution in [2.75, 3.05) is 11.9 Å². The fourth-order valence-electron chi connectivity index (χ4n) is 3.16. The third-order valence-electron chi connectivity index (χ3n) is 4.97. The summed E-state index contributed by atoms with van der Waals surface area (Å²) < 4.78 is 44.0. The molecule has 33 heavy (non-hydrogen) atoms. The average molecular weight is 454 g/mol. The van der Waals surface area contributed by atoms with Crippen LogP contribution in [0.15, 0.2) is 42.6 Å². The number of nitrogens with one attached hydrogen (secondary N) is 1. The Morgan fingerprint density at radius 3 is 2.36 bits per heavy atom. The third-order valence-corrected chi connectivity index (χ3v) is 4.97. The first-order valence-electron chi connectivity index (χ1n) is 10.2. The van der Waals surface area contributed by atoms with Gasteiger partial charge in [0.15, 0.2) is 17.0 Å². The van der Waals surface area contributed by atoms with Crippen LogP contribution in [-0.4, -0.2) is 31.5 Å². The maximum absolute atomic E-state index is 12.8. The molecule has 7 nitrogen and oxygen atoms in total. The molecule has 0 aliphatic carbocycles. The van der Waals surface area contributed by atoms with Crippen molar-refractivity contribution in [3.8, 4) is 11.6 Å². The van der Waals surface area contributed by atoms with E-state index in [4.69, 9.17) is 4.74 Å². The highest BCUT2D eigenvalue weighted by Gasteiger charge is 2.31. The smallest absolute Gasteiger partial charge is 0.416 e. The number of alkyl halides is 3. The zero-order valence-electron chi connectivity index (χ0n) is 18.2. The van der Waals surface area contributed by atoms with Gasteiger partial charge in [-0.2, -0.15) is 13.2 Å². The van der Waals surface area contributed by atoms with Crippen LogP contribution in [0.4, 0.5) is 19.0 Å². The van der Waals surface area contributed by atoms with Crippen molar-refractivity contribution < 1.29 is 17.9 Å². The van der Waals surface area contributed by atoms with E-state index in [2.05, 4.69) is 30.2 Å². The molecule has 0 aliphatic rings. The highest BCUT2D eigenvalue weighted by molar-refractivity contribution is 5.82. The molecule has 0 radical (unpaired) electrons. The monoisotopic (exact) mass is 454 g/mol. The number of fused-ring (bicyclic) bond motifs is 1. The number of halogens is 3. The number of hydrogen-bond acceptors (Lipinski definition) is 7. The van der Waals surface area contributed by atoms with Crippen LogP contribution < -0.4 is 10.1 Å². The minimum absolute atomic E-state index is 0.114. The highest BCUT2D eigenvalue weighted by Crippen LogP contribution is 2.31. The first-order valence-corrected chi connectivity index (χ1v) is 10.2. The van der Waals surface area contributed by atoms with E-state index < -0.39 is 11.7 Å². The van der Waals surface area contributed by atoms with Crippen molar-refractivity contribution in [3.05, 3.63) is 70.9 Å². The van der Waals surface area contributed by atoms with Crippen LogP contribution in [0.3, 0.4) is 0 Å². The Hall–Kier alpha value is -3.82. The third kappa shape index (κ3) is 5.33. The van der Waals surface area contributed by atoms with E-state index in [-0.39, 0.29) is 5.88 Å². The quantitative estimate of drug-likeness (QED) is 0.428. The number of aryl methyl sites for hydroxylation is 3. The van der Waals surface area contributed by atoms with E-state index in [1.807, 2.05) is 26.0 Å². The molecule has 0 fully saturated rings. The molecule has 1 aromatic carbocycles. The molecular weight excluding hydrogens is 433 g/mol. The van der Waals surface area contributed by atoms with Crippen molar-refractivity contribution in [1.82, 2.24) is 24.9 Å². The second-order valence-electron chi connectivity index (χ2n) is 7.49. The number of aromatic nitrogens is 5. The summed E-state index contributed by atoms with van der Waals surface area (Å²) in [6.45, 7) is 6.18. The fourth-order valence-corrected chi connectivity index (χ4v) is 3.16. The second kappa shape index (κ2) is 8.97. The Morgan fingerprint density at radius 1 is 0.909 bits per heavy atom. The van der Waals surface area contributed by atoms with Gasteiger partial charge in [0.05, 0.1) is 17.0 Å². The number of hydrogen-bond donors (Lipinski definition) is 1. The van der Waals surface area contributed by atoms with Crippen molar-refractivity contribution in [2.24, 2.45) is 0 Å². The molecule has 4 rings (SSSR count). The molecule has 0 atom stereocenters. The van der Waals surface area contributed by atoms with Crippen molar-refractivity contribution in [2.45, 2.75) is 33.4 Å². The summed E-state index contributed by atoms with van der Waals surface area (Å²) in [6, 6.07) is 8.86. The lowest BCUT2D eigenvalue weighted by Crippen LogP contribution is -2.10. The van der Waals surface area contributed by atoms with Crippen LogP contribution >= 0.6 is 0 Å². The molecule has 0 aliphatic heterocycles. The summed E-state index contributed by atoms with van der Waals surface area (Å²) in [7, 11) is 0. The van der Waals surface area contributed by atoms with E-state index in [1.54, 1.807) is 19.1 Å². The van der Waals surface area contributed by atoms with Crippen LogP contribution in [0.1, 0.15) is 28.3 Å². The molecule has 0 bridgehead atoms. The van der Waals surface area contributed by atoms with Gasteiger partial charge in [-0.1, -0.05) is 12.1 Å². The predicted molar refractivity (Wildman–Crippen MR) is 117 cm³/mol. The first kappa shape index (κ1) is 22.4. The molecule has 170 valence electrons. The van der Waals surface area contributed by atoms with Gasteiger partial charge in [-0.05, 0) is 51.0 Å². The highest BCUT2D eigenvalue weighted by atomic mass is 19.4. The Morgan fingerprint density at radius 2 is 1.64 bits per heavy atom.